The van der Waals surface area contributed by atoms with E-state index in [4.69, 9.17) is 9.47 Å². The maximum absolute atomic E-state index is 13.3. The number of carbonyl (C=O) groups is 3. The summed E-state index contributed by atoms with van der Waals surface area (Å²) in [6.45, 7) is 3.44. The summed E-state index contributed by atoms with van der Waals surface area (Å²) < 4.78 is 10.9. The summed E-state index contributed by atoms with van der Waals surface area (Å²) in [6, 6.07) is 11.1. The van der Waals surface area contributed by atoms with Crippen LogP contribution in [0.2, 0.25) is 0 Å². The Kier molecular flexibility index (Phi) is 6.77. The first kappa shape index (κ1) is 24.6. The molecule has 180 valence electrons. The molecule has 0 saturated carbocycles. The summed E-state index contributed by atoms with van der Waals surface area (Å²) in [5.41, 5.74) is 2.01. The number of Topliss-reactive ketones (excluding diaryl/α,β-unsaturated/α-hetero) is 1. The number of halogens is 1. The molecule has 8 nitrogen and oxygen atoms in total. The number of hydrogen-bond acceptors (Lipinski definition) is 8. The molecule has 10 heteroatoms. The third-order valence-corrected chi connectivity index (χ3v) is 7.33. The zero-order valence-electron chi connectivity index (χ0n) is 19.3. The fourth-order valence-corrected chi connectivity index (χ4v) is 5.21. The van der Waals surface area contributed by atoms with Gasteiger partial charge in [-0.25, -0.2) is 9.78 Å². The maximum Gasteiger partial charge on any atom is 0.350 e. The Morgan fingerprint density at radius 3 is 2.40 bits per heavy atom. The van der Waals surface area contributed by atoms with Crippen molar-refractivity contribution in [1.29, 1.82) is 0 Å². The van der Waals surface area contributed by atoms with Crippen molar-refractivity contribution in [3.8, 4) is 5.75 Å². The highest BCUT2D eigenvalue weighted by atomic mass is 79.9. The Hall–Kier alpha value is -3.50. The fourth-order valence-electron chi connectivity index (χ4n) is 3.94. The second-order valence-electron chi connectivity index (χ2n) is 7.81. The van der Waals surface area contributed by atoms with Crippen LogP contribution in [0.4, 0.5) is 5.13 Å². The molecule has 3 aromatic rings. The lowest BCUT2D eigenvalue weighted by molar-refractivity contribution is -0.132. The number of aromatic nitrogens is 1. The zero-order chi connectivity index (χ0) is 25.4. The first-order chi connectivity index (χ1) is 16.7. The van der Waals surface area contributed by atoms with E-state index in [0.29, 0.717) is 22.6 Å². The number of aliphatic hydroxyl groups excluding tert-OH is 1. The molecule has 2 heterocycles. The van der Waals surface area contributed by atoms with Gasteiger partial charge >= 0.3 is 11.9 Å². The second kappa shape index (κ2) is 9.63. The second-order valence-corrected chi connectivity index (χ2v) is 9.70. The van der Waals surface area contributed by atoms with Gasteiger partial charge in [0.25, 0.3) is 5.78 Å². The van der Waals surface area contributed by atoms with E-state index in [1.165, 1.54) is 12.0 Å². The van der Waals surface area contributed by atoms with Gasteiger partial charge in [-0.15, -0.1) is 0 Å². The number of rotatable bonds is 5. The third-order valence-electron chi connectivity index (χ3n) is 5.66. The fraction of sp³-hybridized carbons (Fsp3) is 0.200. The number of aryl methyl sites for hydroxylation is 2. The molecule has 1 amide bonds. The molecule has 1 fully saturated rings. The number of benzene rings is 2. The standard InChI is InChI=1S/C25H21BrN2O6S/c1-12-11-15(7-10-17(12)33-3)20(29)18-19(14-5-8-16(26)9-6-14)28(23(31)21(18)30)25-27-13(2)22(35-25)24(32)34-4/h5-11,19,29H,1-4H3/b20-18+/t19-/m0/s1. The quantitative estimate of drug-likeness (QED) is 0.205. The van der Waals surface area contributed by atoms with Crippen molar-refractivity contribution in [2.45, 2.75) is 19.9 Å². The van der Waals surface area contributed by atoms with E-state index < -0.39 is 23.7 Å². The Morgan fingerprint density at radius 2 is 1.80 bits per heavy atom. The Labute approximate surface area is 213 Å². The summed E-state index contributed by atoms with van der Waals surface area (Å²) in [6.07, 6.45) is 0. The molecule has 2 aromatic carbocycles. The molecule has 0 radical (unpaired) electrons. The number of nitrogens with zero attached hydrogens (tertiary/aromatic N) is 2. The summed E-state index contributed by atoms with van der Waals surface area (Å²) in [5, 5.41) is 11.4. The monoisotopic (exact) mass is 556 g/mol. The summed E-state index contributed by atoms with van der Waals surface area (Å²) >= 11 is 4.35. The van der Waals surface area contributed by atoms with E-state index in [1.807, 2.05) is 6.92 Å². The van der Waals surface area contributed by atoms with E-state index in [0.717, 1.165) is 21.4 Å². The Balaban J connectivity index is 1.93. The lowest BCUT2D eigenvalue weighted by Crippen LogP contribution is -2.29. The minimum atomic E-state index is -0.957. The molecular weight excluding hydrogens is 536 g/mol. The van der Waals surface area contributed by atoms with Crippen LogP contribution in [-0.2, 0) is 14.3 Å². The van der Waals surface area contributed by atoms with E-state index >= 15 is 0 Å². The van der Waals surface area contributed by atoms with Gasteiger partial charge in [0.05, 0.1) is 31.5 Å². The predicted molar refractivity (Wildman–Crippen MR) is 135 cm³/mol. The molecule has 1 N–H and O–H groups in total. The number of carbonyl (C=O) groups excluding carboxylic acids is 3. The predicted octanol–water partition coefficient (Wildman–Crippen LogP) is 4.94. The van der Waals surface area contributed by atoms with Crippen molar-refractivity contribution in [2.75, 3.05) is 19.1 Å². The summed E-state index contributed by atoms with van der Waals surface area (Å²) in [7, 11) is 2.80. The van der Waals surface area contributed by atoms with Crippen molar-refractivity contribution in [1.82, 2.24) is 4.98 Å². The van der Waals surface area contributed by atoms with Crippen molar-refractivity contribution in [3.63, 3.8) is 0 Å². The van der Waals surface area contributed by atoms with Crippen LogP contribution in [0.15, 0.2) is 52.5 Å². The molecule has 4 rings (SSSR count). The van der Waals surface area contributed by atoms with Gasteiger partial charge in [0.2, 0.25) is 0 Å². The lowest BCUT2D eigenvalue weighted by atomic mass is 9.95. The number of anilines is 1. The largest absolute Gasteiger partial charge is 0.507 e. The van der Waals surface area contributed by atoms with Gasteiger partial charge in [0.1, 0.15) is 16.4 Å². The van der Waals surface area contributed by atoms with Gasteiger partial charge in [-0.05, 0) is 55.3 Å². The molecule has 0 unspecified atom stereocenters. The Morgan fingerprint density at radius 1 is 1.11 bits per heavy atom. The highest BCUT2D eigenvalue weighted by Gasteiger charge is 2.48. The van der Waals surface area contributed by atoms with Gasteiger partial charge in [-0.2, -0.15) is 0 Å². The summed E-state index contributed by atoms with van der Waals surface area (Å²) in [4.78, 5) is 44.6. The Bertz CT molecular complexity index is 1380. The molecule has 1 atom stereocenters. The molecule has 0 bridgehead atoms. The van der Waals surface area contributed by atoms with E-state index in [2.05, 4.69) is 20.9 Å². The number of hydrogen-bond donors (Lipinski definition) is 1. The normalized spacial score (nSPS) is 17.1. The maximum atomic E-state index is 13.3. The van der Waals surface area contributed by atoms with Gasteiger partial charge in [0, 0.05) is 10.0 Å². The molecule has 1 saturated heterocycles. The molecular formula is C25H21BrN2O6S. The van der Waals surface area contributed by atoms with Crippen molar-refractivity contribution >= 4 is 55.8 Å². The first-order valence-electron chi connectivity index (χ1n) is 10.4. The van der Waals surface area contributed by atoms with Gasteiger partial charge < -0.3 is 14.6 Å². The van der Waals surface area contributed by atoms with E-state index in [1.54, 1.807) is 56.5 Å². The van der Waals surface area contributed by atoms with Crippen LogP contribution in [0.1, 0.15) is 38.1 Å². The third kappa shape index (κ3) is 4.35. The van der Waals surface area contributed by atoms with E-state index in [9.17, 15) is 19.5 Å². The van der Waals surface area contributed by atoms with Crippen LogP contribution in [-0.4, -0.2) is 42.0 Å². The van der Waals surface area contributed by atoms with Crippen LogP contribution >= 0.6 is 27.3 Å². The molecule has 1 aliphatic heterocycles. The van der Waals surface area contributed by atoms with Gasteiger partial charge in [0.15, 0.2) is 5.13 Å². The number of aliphatic hydroxyl groups is 1. The number of ether oxygens (including phenoxy) is 2. The highest BCUT2D eigenvalue weighted by Crippen LogP contribution is 2.44. The molecule has 1 aromatic heterocycles. The molecule has 1 aliphatic rings. The first-order valence-corrected chi connectivity index (χ1v) is 12.1. The number of esters is 1. The van der Waals surface area contributed by atoms with Gasteiger partial charge in [-0.3, -0.25) is 14.5 Å². The lowest BCUT2D eigenvalue weighted by Gasteiger charge is -2.23. The highest BCUT2D eigenvalue weighted by molar-refractivity contribution is 9.10. The topological polar surface area (TPSA) is 106 Å². The van der Waals surface area contributed by atoms with Crippen molar-refractivity contribution in [3.05, 3.63) is 79.8 Å². The van der Waals surface area contributed by atoms with Crippen LogP contribution in [0.3, 0.4) is 0 Å². The van der Waals surface area contributed by atoms with Crippen LogP contribution < -0.4 is 9.64 Å². The smallest absolute Gasteiger partial charge is 0.350 e. The average Bonchev–Trinajstić information content (AvgIpc) is 3.35. The van der Waals surface area contributed by atoms with Crippen LogP contribution in [0, 0.1) is 13.8 Å². The molecule has 0 spiro atoms. The van der Waals surface area contributed by atoms with E-state index in [-0.39, 0.29) is 21.3 Å². The van der Waals surface area contributed by atoms with Crippen LogP contribution in [0.25, 0.3) is 5.76 Å². The van der Waals surface area contributed by atoms with Crippen molar-refractivity contribution < 1.29 is 29.0 Å². The minimum absolute atomic E-state index is 0.0747. The molecule has 35 heavy (non-hydrogen) atoms. The molecule has 0 aliphatic carbocycles. The van der Waals surface area contributed by atoms with Crippen molar-refractivity contribution in [2.24, 2.45) is 0 Å². The SMILES string of the molecule is COC(=O)c1sc(N2C(=O)C(=O)/C(=C(/O)c3ccc(OC)c(C)c3)[C@@H]2c2ccc(Br)cc2)nc1C. The average molecular weight is 557 g/mol. The van der Waals surface area contributed by atoms with Gasteiger partial charge in [-0.1, -0.05) is 39.4 Å². The number of thiazole rings is 1. The van der Waals surface area contributed by atoms with Crippen LogP contribution in [0.5, 0.6) is 5.75 Å². The number of methoxy groups -OCH3 is 2. The zero-order valence-corrected chi connectivity index (χ0v) is 21.7. The number of amides is 1. The number of ketones is 1. The summed E-state index contributed by atoms with van der Waals surface area (Å²) in [5.74, 6) is -1.98. The minimum Gasteiger partial charge on any atom is -0.507 e.